The molecular formula is C11H20N2O2Si. The number of hydrogen-bond acceptors (Lipinski definition) is 3. The lowest BCUT2D eigenvalue weighted by atomic mass is 10.3. The Morgan fingerprint density at radius 1 is 1.38 bits per heavy atom. The number of amides is 2. The van der Waals surface area contributed by atoms with Crippen molar-refractivity contribution < 1.29 is 9.59 Å². The molecule has 1 aliphatic heterocycles. The third kappa shape index (κ3) is 3.02. The summed E-state index contributed by atoms with van der Waals surface area (Å²) in [4.78, 5) is 24.3. The van der Waals surface area contributed by atoms with Gasteiger partial charge in [-0.25, -0.2) is 0 Å². The molecule has 16 heavy (non-hydrogen) atoms. The minimum absolute atomic E-state index is 0.130. The third-order valence-electron chi connectivity index (χ3n) is 2.96. The van der Waals surface area contributed by atoms with Crippen LogP contribution in [0.15, 0.2) is 11.6 Å². The monoisotopic (exact) mass is 240 g/mol. The average Bonchev–Trinajstić information content (AvgIpc) is 2.44. The van der Waals surface area contributed by atoms with Gasteiger partial charge in [-0.05, 0) is 26.9 Å². The molecule has 1 heterocycles. The second-order valence-electron chi connectivity index (χ2n) is 4.55. The summed E-state index contributed by atoms with van der Waals surface area (Å²) in [6.07, 6.45) is 2.28. The molecule has 0 saturated carbocycles. The number of carbonyl (C=O) groups is 2. The van der Waals surface area contributed by atoms with Crippen molar-refractivity contribution in [2.45, 2.75) is 26.4 Å². The van der Waals surface area contributed by atoms with Crippen molar-refractivity contribution in [1.29, 1.82) is 0 Å². The van der Waals surface area contributed by atoms with Gasteiger partial charge in [0.1, 0.15) is 8.96 Å². The summed E-state index contributed by atoms with van der Waals surface area (Å²) in [5.41, 5.74) is 0.552. The van der Waals surface area contributed by atoms with Crippen molar-refractivity contribution in [3.05, 3.63) is 11.6 Å². The van der Waals surface area contributed by atoms with Crippen LogP contribution in [0.4, 0.5) is 0 Å². The normalized spacial score (nSPS) is 16.6. The molecule has 90 valence electrons. The van der Waals surface area contributed by atoms with Crippen LogP contribution in [0.1, 0.15) is 13.3 Å². The van der Waals surface area contributed by atoms with Gasteiger partial charge in [0.05, 0.1) is 0 Å². The average molecular weight is 240 g/mol. The Balaban J connectivity index is 2.35. The van der Waals surface area contributed by atoms with Crippen LogP contribution in [-0.2, 0) is 9.59 Å². The van der Waals surface area contributed by atoms with Crippen molar-refractivity contribution >= 4 is 20.8 Å². The van der Waals surface area contributed by atoms with E-state index in [-0.39, 0.29) is 11.8 Å². The second kappa shape index (κ2) is 5.40. The van der Waals surface area contributed by atoms with E-state index >= 15 is 0 Å². The van der Waals surface area contributed by atoms with E-state index in [1.165, 1.54) is 11.0 Å². The summed E-state index contributed by atoms with van der Waals surface area (Å²) in [6, 6.07) is 0. The van der Waals surface area contributed by atoms with Gasteiger partial charge < -0.3 is 4.57 Å². The fraction of sp³-hybridized carbons (Fsp3) is 0.636. The highest BCUT2D eigenvalue weighted by atomic mass is 28.3. The molecule has 2 amide bonds. The lowest BCUT2D eigenvalue weighted by Gasteiger charge is -2.21. The molecule has 0 N–H and O–H groups in total. The first-order valence-electron chi connectivity index (χ1n) is 5.68. The van der Waals surface area contributed by atoms with Gasteiger partial charge in [-0.1, -0.05) is 13.1 Å². The maximum atomic E-state index is 11.6. The minimum atomic E-state index is -0.742. The Kier molecular flexibility index (Phi) is 4.43. The van der Waals surface area contributed by atoms with Gasteiger partial charge in [0, 0.05) is 18.2 Å². The fourth-order valence-corrected chi connectivity index (χ4v) is 2.28. The van der Waals surface area contributed by atoms with E-state index in [9.17, 15) is 9.59 Å². The van der Waals surface area contributed by atoms with Crippen molar-refractivity contribution in [3.8, 4) is 0 Å². The van der Waals surface area contributed by atoms with E-state index in [1.807, 2.05) is 0 Å². The minimum Gasteiger partial charge on any atom is -0.329 e. The summed E-state index contributed by atoms with van der Waals surface area (Å²) < 4.78 is 2.34. The van der Waals surface area contributed by atoms with Crippen molar-refractivity contribution in [2.75, 3.05) is 20.1 Å². The molecule has 0 radical (unpaired) electrons. The molecule has 0 atom stereocenters. The summed E-state index contributed by atoms with van der Waals surface area (Å²) in [6.45, 7) is 7.71. The molecule has 4 nitrogen and oxygen atoms in total. The van der Waals surface area contributed by atoms with Gasteiger partial charge in [0.15, 0.2) is 0 Å². The predicted molar refractivity (Wildman–Crippen MR) is 66.6 cm³/mol. The Morgan fingerprint density at radius 2 is 2.00 bits per heavy atom. The van der Waals surface area contributed by atoms with E-state index < -0.39 is 8.96 Å². The first-order chi connectivity index (χ1) is 7.43. The quantitative estimate of drug-likeness (QED) is 0.522. The van der Waals surface area contributed by atoms with E-state index in [0.717, 1.165) is 13.0 Å². The number of rotatable bonds is 5. The highest BCUT2D eigenvalue weighted by molar-refractivity contribution is 6.52. The van der Waals surface area contributed by atoms with E-state index in [0.29, 0.717) is 12.1 Å². The first kappa shape index (κ1) is 13.1. The fourth-order valence-electron chi connectivity index (χ4n) is 1.59. The maximum absolute atomic E-state index is 11.6. The molecule has 0 bridgehead atoms. The van der Waals surface area contributed by atoms with E-state index in [2.05, 4.69) is 24.7 Å². The van der Waals surface area contributed by atoms with Crippen molar-refractivity contribution in [3.63, 3.8) is 0 Å². The van der Waals surface area contributed by atoms with Crippen LogP contribution in [0.5, 0.6) is 0 Å². The Morgan fingerprint density at radius 3 is 2.44 bits per heavy atom. The van der Waals surface area contributed by atoms with Crippen molar-refractivity contribution in [1.82, 2.24) is 9.47 Å². The molecular weight excluding hydrogens is 220 g/mol. The Labute approximate surface area is 98.6 Å². The van der Waals surface area contributed by atoms with Crippen LogP contribution >= 0.6 is 0 Å². The third-order valence-corrected chi connectivity index (χ3v) is 4.98. The number of carbonyl (C=O) groups excluding carboxylic acids is 2. The molecule has 0 fully saturated rings. The molecule has 5 heteroatoms. The van der Waals surface area contributed by atoms with Crippen LogP contribution in [0.2, 0.25) is 13.1 Å². The molecule has 0 saturated heterocycles. The van der Waals surface area contributed by atoms with Crippen LogP contribution < -0.4 is 0 Å². The zero-order valence-electron chi connectivity index (χ0n) is 10.5. The number of hydrogen-bond donors (Lipinski definition) is 0. The predicted octanol–water partition coefficient (Wildman–Crippen LogP) is 0.607. The van der Waals surface area contributed by atoms with Gasteiger partial charge in [-0.3, -0.25) is 14.5 Å². The smallest absolute Gasteiger partial charge is 0.256 e. The van der Waals surface area contributed by atoms with Crippen LogP contribution in [0, 0.1) is 0 Å². The second-order valence-corrected chi connectivity index (χ2v) is 7.62. The Hall–Kier alpha value is -0.943. The zero-order valence-corrected chi connectivity index (χ0v) is 11.6. The highest BCUT2D eigenvalue weighted by Crippen LogP contribution is 2.12. The van der Waals surface area contributed by atoms with Gasteiger partial charge in [0.2, 0.25) is 0 Å². The van der Waals surface area contributed by atoms with Gasteiger partial charge in [0.25, 0.3) is 11.8 Å². The largest absolute Gasteiger partial charge is 0.329 e. The van der Waals surface area contributed by atoms with Crippen LogP contribution in [0.3, 0.4) is 0 Å². The molecule has 0 aromatic heterocycles. The number of imide groups is 1. The lowest BCUT2D eigenvalue weighted by molar-refractivity contribution is -0.137. The summed E-state index contributed by atoms with van der Waals surface area (Å²) >= 11 is 0. The van der Waals surface area contributed by atoms with Gasteiger partial charge in [-0.15, -0.1) is 0 Å². The van der Waals surface area contributed by atoms with E-state index in [4.69, 9.17) is 0 Å². The summed E-state index contributed by atoms with van der Waals surface area (Å²) in [5, 5.41) is 0. The van der Waals surface area contributed by atoms with E-state index in [1.54, 1.807) is 6.92 Å². The Bertz CT molecular complexity index is 326. The van der Waals surface area contributed by atoms with Gasteiger partial charge in [-0.2, -0.15) is 0 Å². The number of nitrogens with zero attached hydrogens (tertiary/aromatic N) is 2. The molecule has 0 spiro atoms. The zero-order chi connectivity index (χ0) is 12.3. The highest BCUT2D eigenvalue weighted by Gasteiger charge is 2.27. The molecule has 1 aliphatic rings. The lowest BCUT2D eigenvalue weighted by Crippen LogP contribution is -2.36. The molecule has 1 rings (SSSR count). The maximum Gasteiger partial charge on any atom is 0.256 e. The van der Waals surface area contributed by atoms with Crippen LogP contribution in [-0.4, -0.2) is 50.4 Å². The molecule has 0 aliphatic carbocycles. The summed E-state index contributed by atoms with van der Waals surface area (Å²) in [5.74, 6) is -0.290. The molecule has 0 aromatic rings. The topological polar surface area (TPSA) is 40.6 Å². The first-order valence-corrected chi connectivity index (χ1v) is 8.50. The van der Waals surface area contributed by atoms with Crippen LogP contribution in [0.25, 0.3) is 0 Å². The SMILES string of the molecule is CC1=CC(=O)N(CCCN(C)[SiH](C)C)C1=O. The van der Waals surface area contributed by atoms with Crippen molar-refractivity contribution in [2.24, 2.45) is 0 Å². The molecule has 0 unspecified atom stereocenters. The summed E-state index contributed by atoms with van der Waals surface area (Å²) in [7, 11) is 1.36. The standard InChI is InChI=1S/C11H20N2O2Si/c1-9-8-10(14)13(11(9)15)7-5-6-12(2)16(3)4/h8,16H,5-7H2,1-4H3. The van der Waals surface area contributed by atoms with Gasteiger partial charge >= 0.3 is 0 Å². The molecule has 0 aromatic carbocycles.